The molecule has 0 amide bonds. The van der Waals surface area contributed by atoms with Gasteiger partial charge in [0.2, 0.25) is 0 Å². The maximum atomic E-state index is 9.64. The van der Waals surface area contributed by atoms with Crippen LogP contribution in [0.25, 0.3) is 0 Å². The smallest absolute Gasteiger partial charge is 0.182 e. The van der Waals surface area contributed by atoms with Gasteiger partial charge in [-0.1, -0.05) is 6.92 Å². The minimum atomic E-state index is -1.86. The van der Waals surface area contributed by atoms with Gasteiger partial charge >= 0.3 is 0 Å². The van der Waals surface area contributed by atoms with Crippen LogP contribution in [0.1, 0.15) is 19.8 Å². The van der Waals surface area contributed by atoms with Gasteiger partial charge in [0.05, 0.1) is 19.8 Å². The monoisotopic (exact) mass is 232 g/mol. The van der Waals surface area contributed by atoms with Crippen molar-refractivity contribution in [1.82, 2.24) is 0 Å². The molecule has 0 aromatic rings. The molecule has 1 aliphatic rings. The molecule has 90 valence electrons. The number of hydrogen-bond acceptors (Lipinski definition) is 3. The quantitative estimate of drug-likeness (QED) is 0.539. The lowest BCUT2D eigenvalue weighted by molar-refractivity contribution is -0.150. The van der Waals surface area contributed by atoms with Crippen molar-refractivity contribution in [1.29, 1.82) is 0 Å². The SMILES string of the molecule is CCC1(COCCC[Si](C)(C)O)COC1. The first-order valence-electron chi connectivity index (χ1n) is 5.85. The van der Waals surface area contributed by atoms with Gasteiger partial charge in [0.15, 0.2) is 8.32 Å². The molecule has 0 aliphatic carbocycles. The standard InChI is InChI=1S/C11H24O3Si/c1-4-11(9-14-10-11)8-13-6-5-7-15(2,3)12/h12H,4-10H2,1-3H3. The van der Waals surface area contributed by atoms with Crippen molar-refractivity contribution in [3.8, 4) is 0 Å². The Morgan fingerprint density at radius 2 is 2.07 bits per heavy atom. The van der Waals surface area contributed by atoms with Crippen molar-refractivity contribution in [3.63, 3.8) is 0 Å². The van der Waals surface area contributed by atoms with Crippen molar-refractivity contribution in [2.75, 3.05) is 26.4 Å². The van der Waals surface area contributed by atoms with Crippen LogP contribution in [0.5, 0.6) is 0 Å². The normalized spacial score (nSPS) is 20.0. The molecule has 1 saturated heterocycles. The second kappa shape index (κ2) is 5.43. The van der Waals surface area contributed by atoms with E-state index < -0.39 is 8.32 Å². The van der Waals surface area contributed by atoms with Crippen LogP contribution < -0.4 is 0 Å². The van der Waals surface area contributed by atoms with Gasteiger partial charge in [0.25, 0.3) is 0 Å². The highest BCUT2D eigenvalue weighted by atomic mass is 28.4. The highest BCUT2D eigenvalue weighted by Gasteiger charge is 2.36. The molecule has 0 radical (unpaired) electrons. The molecule has 0 saturated carbocycles. The Labute approximate surface area is 93.9 Å². The zero-order valence-corrected chi connectivity index (χ0v) is 11.2. The van der Waals surface area contributed by atoms with E-state index in [1.807, 2.05) is 13.1 Å². The van der Waals surface area contributed by atoms with Gasteiger partial charge in [0, 0.05) is 12.0 Å². The number of ether oxygens (including phenoxy) is 2. The summed E-state index contributed by atoms with van der Waals surface area (Å²) in [6.45, 7) is 9.43. The zero-order valence-electron chi connectivity index (χ0n) is 10.2. The zero-order chi connectivity index (χ0) is 11.4. The molecule has 1 heterocycles. The van der Waals surface area contributed by atoms with E-state index in [-0.39, 0.29) is 0 Å². The minimum Gasteiger partial charge on any atom is -0.432 e. The van der Waals surface area contributed by atoms with Crippen LogP contribution in [-0.2, 0) is 9.47 Å². The van der Waals surface area contributed by atoms with E-state index in [0.717, 1.165) is 45.3 Å². The first-order chi connectivity index (χ1) is 6.97. The summed E-state index contributed by atoms with van der Waals surface area (Å²) in [7, 11) is -1.86. The summed E-state index contributed by atoms with van der Waals surface area (Å²) in [5, 5.41) is 0. The van der Waals surface area contributed by atoms with Gasteiger partial charge in [0.1, 0.15) is 0 Å². The average molecular weight is 232 g/mol. The Kier molecular flexibility index (Phi) is 4.77. The van der Waals surface area contributed by atoms with Gasteiger partial charge in [-0.2, -0.15) is 0 Å². The van der Waals surface area contributed by atoms with Gasteiger partial charge < -0.3 is 14.3 Å². The van der Waals surface area contributed by atoms with Gasteiger partial charge in [-0.3, -0.25) is 0 Å². The second-order valence-electron chi connectivity index (χ2n) is 5.31. The molecule has 3 nitrogen and oxygen atoms in total. The maximum absolute atomic E-state index is 9.64. The fourth-order valence-corrected chi connectivity index (χ4v) is 2.69. The predicted molar refractivity (Wildman–Crippen MR) is 63.5 cm³/mol. The first kappa shape index (κ1) is 13.2. The summed E-state index contributed by atoms with van der Waals surface area (Å²) < 4.78 is 10.9. The van der Waals surface area contributed by atoms with Gasteiger partial charge in [-0.25, -0.2) is 0 Å². The number of rotatable bonds is 7. The lowest BCUT2D eigenvalue weighted by atomic mass is 9.84. The van der Waals surface area contributed by atoms with Crippen LogP contribution in [0.15, 0.2) is 0 Å². The van der Waals surface area contributed by atoms with E-state index in [0.29, 0.717) is 5.41 Å². The molecule has 0 aromatic heterocycles. The largest absolute Gasteiger partial charge is 0.432 e. The van der Waals surface area contributed by atoms with E-state index in [1.165, 1.54) is 0 Å². The van der Waals surface area contributed by atoms with Crippen LogP contribution in [0.3, 0.4) is 0 Å². The fraction of sp³-hybridized carbons (Fsp3) is 1.00. The van der Waals surface area contributed by atoms with Gasteiger partial charge in [-0.05, 0) is 32.0 Å². The van der Waals surface area contributed by atoms with E-state index in [2.05, 4.69) is 6.92 Å². The van der Waals surface area contributed by atoms with Crippen LogP contribution in [0.2, 0.25) is 19.1 Å². The Morgan fingerprint density at radius 1 is 1.40 bits per heavy atom. The van der Waals surface area contributed by atoms with Crippen molar-refractivity contribution in [2.24, 2.45) is 5.41 Å². The molecule has 15 heavy (non-hydrogen) atoms. The van der Waals surface area contributed by atoms with Crippen molar-refractivity contribution in [2.45, 2.75) is 38.9 Å². The van der Waals surface area contributed by atoms with E-state index in [1.54, 1.807) is 0 Å². The molecule has 1 aliphatic heterocycles. The maximum Gasteiger partial charge on any atom is 0.182 e. The Morgan fingerprint density at radius 3 is 2.47 bits per heavy atom. The molecule has 1 rings (SSSR count). The highest BCUT2D eigenvalue weighted by Crippen LogP contribution is 2.31. The molecular weight excluding hydrogens is 208 g/mol. The Bertz CT molecular complexity index is 179. The van der Waals surface area contributed by atoms with Crippen molar-refractivity contribution >= 4 is 8.32 Å². The third-order valence-electron chi connectivity index (χ3n) is 3.05. The molecule has 0 spiro atoms. The Hall–Kier alpha value is 0.0969. The van der Waals surface area contributed by atoms with Crippen LogP contribution in [-0.4, -0.2) is 39.5 Å². The summed E-state index contributed by atoms with van der Waals surface area (Å²) in [5.74, 6) is 0. The van der Waals surface area contributed by atoms with Crippen molar-refractivity contribution < 1.29 is 14.3 Å². The summed E-state index contributed by atoms with van der Waals surface area (Å²) in [6.07, 6.45) is 2.11. The van der Waals surface area contributed by atoms with E-state index in [4.69, 9.17) is 9.47 Å². The molecule has 0 atom stereocenters. The minimum absolute atomic E-state index is 0.298. The van der Waals surface area contributed by atoms with Gasteiger partial charge in [-0.15, -0.1) is 0 Å². The van der Waals surface area contributed by atoms with Crippen LogP contribution in [0, 0.1) is 5.41 Å². The second-order valence-corrected chi connectivity index (χ2v) is 9.44. The molecule has 4 heteroatoms. The molecule has 0 aromatic carbocycles. The lowest BCUT2D eigenvalue weighted by Gasteiger charge is -2.40. The summed E-state index contributed by atoms with van der Waals surface area (Å²) >= 11 is 0. The molecule has 1 N–H and O–H groups in total. The molecular formula is C11H24O3Si. The highest BCUT2D eigenvalue weighted by molar-refractivity contribution is 6.69. The average Bonchev–Trinajstić information content (AvgIpc) is 2.06. The first-order valence-corrected chi connectivity index (χ1v) is 9.01. The predicted octanol–water partition coefficient (Wildman–Crippen LogP) is 2.02. The van der Waals surface area contributed by atoms with E-state index in [9.17, 15) is 4.80 Å². The fourth-order valence-electron chi connectivity index (χ4n) is 1.68. The van der Waals surface area contributed by atoms with Crippen molar-refractivity contribution in [3.05, 3.63) is 0 Å². The molecule has 0 bridgehead atoms. The Balaban J connectivity index is 2.02. The van der Waals surface area contributed by atoms with Crippen LogP contribution in [0.4, 0.5) is 0 Å². The third kappa shape index (κ3) is 4.63. The summed E-state index contributed by atoms with van der Waals surface area (Å²) in [5.41, 5.74) is 0.298. The molecule has 0 unspecified atom stereocenters. The van der Waals surface area contributed by atoms with E-state index >= 15 is 0 Å². The number of hydrogen-bond donors (Lipinski definition) is 1. The van der Waals surface area contributed by atoms with Crippen LogP contribution >= 0.6 is 0 Å². The third-order valence-corrected chi connectivity index (χ3v) is 4.63. The summed E-state index contributed by atoms with van der Waals surface area (Å²) in [4.78, 5) is 9.64. The summed E-state index contributed by atoms with van der Waals surface area (Å²) in [6, 6.07) is 0.933. The molecule has 1 fully saturated rings. The topological polar surface area (TPSA) is 38.7 Å². The lowest BCUT2D eigenvalue weighted by Crippen LogP contribution is -2.45.